The van der Waals surface area contributed by atoms with E-state index in [0.29, 0.717) is 18.6 Å². The molecule has 96 valence electrons. The fourth-order valence-electron chi connectivity index (χ4n) is 1.99. The van der Waals surface area contributed by atoms with Gasteiger partial charge in [-0.05, 0) is 13.3 Å². The van der Waals surface area contributed by atoms with Crippen LogP contribution < -0.4 is 0 Å². The van der Waals surface area contributed by atoms with E-state index in [1.165, 1.54) is 25.7 Å². The molecule has 0 aliphatic carbocycles. The fraction of sp³-hybridized carbons (Fsp3) is 0.714. The molecule has 0 aromatic carbocycles. The molecule has 3 nitrogen and oxygen atoms in total. The minimum Gasteiger partial charge on any atom is -0.335 e. The summed E-state index contributed by atoms with van der Waals surface area (Å²) in [5.74, 6) is 1.23. The van der Waals surface area contributed by atoms with Crippen LogP contribution in [0.2, 0.25) is 0 Å². The van der Waals surface area contributed by atoms with Gasteiger partial charge in [-0.3, -0.25) is 4.79 Å². The monoisotopic (exact) mass is 236 g/mol. The summed E-state index contributed by atoms with van der Waals surface area (Å²) >= 11 is 0. The molecule has 0 radical (unpaired) electrons. The van der Waals surface area contributed by atoms with Crippen molar-refractivity contribution in [1.82, 2.24) is 9.55 Å². The van der Waals surface area contributed by atoms with Gasteiger partial charge >= 0.3 is 0 Å². The second-order valence-electron chi connectivity index (χ2n) is 4.51. The van der Waals surface area contributed by atoms with Crippen LogP contribution in [-0.4, -0.2) is 15.3 Å². The Kier molecular flexibility index (Phi) is 6.60. The molecule has 1 aromatic rings. The highest BCUT2D eigenvalue weighted by molar-refractivity contribution is 5.80. The van der Waals surface area contributed by atoms with Crippen LogP contribution in [0.3, 0.4) is 0 Å². The first kappa shape index (κ1) is 13.9. The quantitative estimate of drug-likeness (QED) is 0.616. The minimum absolute atomic E-state index is 0.322. The van der Waals surface area contributed by atoms with E-state index in [1.54, 1.807) is 6.20 Å². The predicted molar refractivity (Wildman–Crippen MR) is 70.0 cm³/mol. The lowest BCUT2D eigenvalue weighted by molar-refractivity contribution is -0.118. The molecule has 0 bridgehead atoms. The van der Waals surface area contributed by atoms with Crippen LogP contribution in [0.1, 0.15) is 58.2 Å². The molecule has 1 aromatic heterocycles. The normalized spacial score (nSPS) is 10.7. The third-order valence-corrected chi connectivity index (χ3v) is 3.06. The van der Waals surface area contributed by atoms with Crippen molar-refractivity contribution in [3.63, 3.8) is 0 Å². The Bertz CT molecular complexity index is 331. The Balaban J connectivity index is 2.21. The number of Topliss-reactive ketones (excluding diaryl/α,β-unsaturated/α-hetero) is 1. The fourth-order valence-corrected chi connectivity index (χ4v) is 1.99. The number of hydrogen-bond acceptors (Lipinski definition) is 2. The van der Waals surface area contributed by atoms with E-state index < -0.39 is 0 Å². The molecule has 0 aliphatic rings. The van der Waals surface area contributed by atoms with Crippen LogP contribution in [0.5, 0.6) is 0 Å². The highest BCUT2D eigenvalue weighted by Crippen LogP contribution is 2.07. The molecule has 0 saturated carbocycles. The lowest BCUT2D eigenvalue weighted by Crippen LogP contribution is -2.09. The molecule has 1 heterocycles. The number of imidazole rings is 1. The summed E-state index contributed by atoms with van der Waals surface area (Å²) in [6.45, 7) is 5.16. The maximum atomic E-state index is 11.8. The van der Waals surface area contributed by atoms with E-state index in [1.807, 2.05) is 10.8 Å². The summed E-state index contributed by atoms with van der Waals surface area (Å²) in [6.07, 6.45) is 10.9. The van der Waals surface area contributed by atoms with Crippen LogP contribution in [0.15, 0.2) is 12.4 Å². The van der Waals surface area contributed by atoms with Crippen LogP contribution in [0.4, 0.5) is 0 Å². The van der Waals surface area contributed by atoms with Gasteiger partial charge in [0.25, 0.3) is 0 Å². The average molecular weight is 236 g/mol. The number of rotatable bonds is 9. The van der Waals surface area contributed by atoms with Gasteiger partial charge in [0, 0.05) is 25.4 Å². The van der Waals surface area contributed by atoms with Crippen LogP contribution >= 0.6 is 0 Å². The molecular weight excluding hydrogens is 212 g/mol. The van der Waals surface area contributed by atoms with E-state index >= 15 is 0 Å². The Morgan fingerprint density at radius 2 is 2.00 bits per heavy atom. The third-order valence-electron chi connectivity index (χ3n) is 3.06. The molecule has 0 unspecified atom stereocenters. The number of aromatic nitrogens is 2. The highest BCUT2D eigenvalue weighted by atomic mass is 16.1. The van der Waals surface area contributed by atoms with Gasteiger partial charge < -0.3 is 4.57 Å². The zero-order valence-corrected chi connectivity index (χ0v) is 11.1. The molecule has 0 N–H and O–H groups in total. The third kappa shape index (κ3) is 5.16. The number of ketones is 1. The van der Waals surface area contributed by atoms with Crippen LogP contribution in [-0.2, 0) is 17.8 Å². The molecule has 17 heavy (non-hydrogen) atoms. The summed E-state index contributed by atoms with van der Waals surface area (Å²) in [7, 11) is 0. The first-order valence-electron chi connectivity index (χ1n) is 6.79. The standard InChI is InChI=1S/C14H24N2O/c1-3-5-6-7-8-9-13(17)12-14-15-10-11-16(14)4-2/h10-11H,3-9,12H2,1-2H3. The van der Waals surface area contributed by atoms with E-state index in [0.717, 1.165) is 18.8 Å². The van der Waals surface area contributed by atoms with Crippen molar-refractivity contribution in [3.05, 3.63) is 18.2 Å². The van der Waals surface area contributed by atoms with E-state index in [2.05, 4.69) is 18.8 Å². The van der Waals surface area contributed by atoms with Gasteiger partial charge in [-0.15, -0.1) is 0 Å². The van der Waals surface area contributed by atoms with E-state index in [9.17, 15) is 4.79 Å². The number of nitrogens with zero attached hydrogens (tertiary/aromatic N) is 2. The molecule has 0 fully saturated rings. The van der Waals surface area contributed by atoms with Gasteiger partial charge in [0.1, 0.15) is 11.6 Å². The van der Waals surface area contributed by atoms with Gasteiger partial charge in [-0.25, -0.2) is 4.98 Å². The largest absolute Gasteiger partial charge is 0.335 e. The van der Waals surface area contributed by atoms with E-state index in [-0.39, 0.29) is 0 Å². The van der Waals surface area contributed by atoms with Crippen molar-refractivity contribution in [3.8, 4) is 0 Å². The maximum absolute atomic E-state index is 11.8. The molecular formula is C14H24N2O. The number of aryl methyl sites for hydroxylation is 1. The summed E-state index contributed by atoms with van der Waals surface area (Å²) in [6, 6.07) is 0. The van der Waals surface area contributed by atoms with Gasteiger partial charge in [0.05, 0.1) is 6.42 Å². The molecule has 1 rings (SSSR count). The van der Waals surface area contributed by atoms with Crippen LogP contribution in [0, 0.1) is 0 Å². The van der Waals surface area contributed by atoms with Crippen molar-refractivity contribution >= 4 is 5.78 Å². The SMILES string of the molecule is CCCCCCCC(=O)Cc1nccn1CC. The van der Waals surface area contributed by atoms with Gasteiger partial charge in [0.15, 0.2) is 0 Å². The Labute approximate surface area is 104 Å². The Morgan fingerprint density at radius 3 is 2.71 bits per heavy atom. The molecule has 0 spiro atoms. The first-order valence-corrected chi connectivity index (χ1v) is 6.79. The summed E-state index contributed by atoms with van der Waals surface area (Å²) in [5, 5.41) is 0. The number of carbonyl (C=O) groups excluding carboxylic acids is 1. The van der Waals surface area contributed by atoms with Crippen molar-refractivity contribution in [1.29, 1.82) is 0 Å². The number of hydrogen-bond donors (Lipinski definition) is 0. The van der Waals surface area contributed by atoms with Crippen molar-refractivity contribution in [2.24, 2.45) is 0 Å². The Morgan fingerprint density at radius 1 is 1.24 bits per heavy atom. The molecule has 3 heteroatoms. The average Bonchev–Trinajstić information content (AvgIpc) is 2.76. The topological polar surface area (TPSA) is 34.9 Å². The number of unbranched alkanes of at least 4 members (excludes halogenated alkanes) is 4. The molecule has 0 atom stereocenters. The molecule has 0 aliphatic heterocycles. The van der Waals surface area contributed by atoms with Crippen molar-refractivity contribution < 1.29 is 4.79 Å². The smallest absolute Gasteiger partial charge is 0.140 e. The van der Waals surface area contributed by atoms with Crippen molar-refractivity contribution in [2.75, 3.05) is 0 Å². The molecule has 0 amide bonds. The van der Waals surface area contributed by atoms with Gasteiger partial charge in [0.2, 0.25) is 0 Å². The lowest BCUT2D eigenvalue weighted by Gasteiger charge is -2.04. The van der Waals surface area contributed by atoms with Gasteiger partial charge in [-0.1, -0.05) is 32.6 Å². The second kappa shape index (κ2) is 8.04. The molecule has 0 saturated heterocycles. The maximum Gasteiger partial charge on any atom is 0.140 e. The summed E-state index contributed by atoms with van der Waals surface area (Å²) in [4.78, 5) is 16.0. The zero-order chi connectivity index (χ0) is 12.5. The second-order valence-corrected chi connectivity index (χ2v) is 4.51. The minimum atomic E-state index is 0.322. The summed E-state index contributed by atoms with van der Waals surface area (Å²) in [5.41, 5.74) is 0. The zero-order valence-electron chi connectivity index (χ0n) is 11.1. The predicted octanol–water partition coefficient (Wildman–Crippen LogP) is 3.38. The first-order chi connectivity index (χ1) is 8.27. The number of carbonyl (C=O) groups is 1. The summed E-state index contributed by atoms with van der Waals surface area (Å²) < 4.78 is 2.04. The van der Waals surface area contributed by atoms with Crippen molar-refractivity contribution in [2.45, 2.75) is 65.3 Å². The van der Waals surface area contributed by atoms with Gasteiger partial charge in [-0.2, -0.15) is 0 Å². The highest BCUT2D eigenvalue weighted by Gasteiger charge is 2.07. The van der Waals surface area contributed by atoms with Crippen LogP contribution in [0.25, 0.3) is 0 Å². The van der Waals surface area contributed by atoms with E-state index in [4.69, 9.17) is 0 Å². The Hall–Kier alpha value is -1.12. The lowest BCUT2D eigenvalue weighted by atomic mass is 10.1.